The smallest absolute Gasteiger partial charge is 0.303 e. The normalized spacial score (nSPS) is 10.7. The van der Waals surface area contributed by atoms with Crippen molar-refractivity contribution in [3.8, 4) is 0 Å². The van der Waals surface area contributed by atoms with Crippen LogP contribution in [0.15, 0.2) is 18.2 Å². The molecule has 0 radical (unpaired) electrons. The lowest BCUT2D eigenvalue weighted by molar-refractivity contribution is -0.385. The molecule has 7 heteroatoms. The number of nitrogens with zero attached hydrogens (tertiary/aromatic N) is 2. The highest BCUT2D eigenvalue weighted by Crippen LogP contribution is 2.23. The number of nitro benzene ring substituents is 1. The van der Waals surface area contributed by atoms with Gasteiger partial charge in [-0.15, -0.1) is 0 Å². The number of carboxylic acids is 1. The lowest BCUT2D eigenvalue weighted by Crippen LogP contribution is -2.20. The number of benzene rings is 1. The first kappa shape index (κ1) is 15.4. The predicted octanol–water partition coefficient (Wildman–Crippen LogP) is 2.54. The molecule has 0 heterocycles. The van der Waals surface area contributed by atoms with Crippen molar-refractivity contribution in [2.45, 2.75) is 19.4 Å². The molecule has 1 aromatic carbocycles. The fourth-order valence-corrected chi connectivity index (χ4v) is 1.92. The van der Waals surface area contributed by atoms with Gasteiger partial charge in [-0.05, 0) is 32.1 Å². The molecule has 0 atom stereocenters. The van der Waals surface area contributed by atoms with Crippen LogP contribution in [0.4, 0.5) is 5.69 Å². The highest BCUT2D eigenvalue weighted by Gasteiger charge is 2.15. The molecule has 1 N–H and O–H groups in total. The molecule has 0 aliphatic carbocycles. The van der Waals surface area contributed by atoms with Gasteiger partial charge in [0.05, 0.1) is 4.92 Å². The van der Waals surface area contributed by atoms with E-state index >= 15 is 0 Å². The summed E-state index contributed by atoms with van der Waals surface area (Å²) in [4.78, 5) is 22.7. The van der Waals surface area contributed by atoms with E-state index in [1.807, 2.05) is 4.90 Å². The standard InChI is InChI=1S/C12H15ClN2O4/c1-14(6-2-3-12(16)17)8-9-7-10(13)4-5-11(9)15(18)19/h4-5,7H,2-3,6,8H2,1H3,(H,16,17). The summed E-state index contributed by atoms with van der Waals surface area (Å²) in [5, 5.41) is 19.9. The van der Waals surface area contributed by atoms with Gasteiger partial charge in [-0.1, -0.05) is 11.6 Å². The maximum atomic E-state index is 10.9. The fraction of sp³-hybridized carbons (Fsp3) is 0.417. The molecule has 1 rings (SSSR count). The quantitative estimate of drug-likeness (QED) is 0.615. The van der Waals surface area contributed by atoms with Crippen molar-refractivity contribution in [2.75, 3.05) is 13.6 Å². The predicted molar refractivity (Wildman–Crippen MR) is 71.3 cm³/mol. The largest absolute Gasteiger partial charge is 0.481 e. The van der Waals surface area contributed by atoms with Crippen LogP contribution in [0.25, 0.3) is 0 Å². The molecular weight excluding hydrogens is 272 g/mol. The van der Waals surface area contributed by atoms with Crippen molar-refractivity contribution in [2.24, 2.45) is 0 Å². The Kier molecular flexibility index (Phi) is 5.72. The third-order valence-corrected chi connectivity index (χ3v) is 2.84. The third kappa shape index (κ3) is 5.23. The van der Waals surface area contributed by atoms with Gasteiger partial charge in [0.25, 0.3) is 5.69 Å². The van der Waals surface area contributed by atoms with Crippen LogP contribution in [-0.4, -0.2) is 34.5 Å². The highest BCUT2D eigenvalue weighted by molar-refractivity contribution is 6.30. The zero-order valence-electron chi connectivity index (χ0n) is 10.5. The molecule has 104 valence electrons. The molecule has 6 nitrogen and oxygen atoms in total. The molecule has 0 bridgehead atoms. The first-order chi connectivity index (χ1) is 8.90. The van der Waals surface area contributed by atoms with E-state index in [1.165, 1.54) is 12.1 Å². The van der Waals surface area contributed by atoms with Gasteiger partial charge in [-0.2, -0.15) is 0 Å². The Hall–Kier alpha value is -1.66. The number of rotatable bonds is 7. The Morgan fingerprint density at radius 1 is 1.53 bits per heavy atom. The Bertz CT molecular complexity index is 479. The third-order valence-electron chi connectivity index (χ3n) is 2.61. The first-order valence-electron chi connectivity index (χ1n) is 5.73. The second-order valence-electron chi connectivity index (χ2n) is 4.27. The summed E-state index contributed by atoms with van der Waals surface area (Å²) in [7, 11) is 1.78. The first-order valence-corrected chi connectivity index (χ1v) is 6.11. The van der Waals surface area contributed by atoms with E-state index in [2.05, 4.69) is 0 Å². The van der Waals surface area contributed by atoms with Gasteiger partial charge in [0.15, 0.2) is 0 Å². The Morgan fingerprint density at radius 3 is 2.79 bits per heavy atom. The van der Waals surface area contributed by atoms with Crippen LogP contribution in [0.1, 0.15) is 18.4 Å². The van der Waals surface area contributed by atoms with Crippen LogP contribution in [0, 0.1) is 10.1 Å². The lowest BCUT2D eigenvalue weighted by Gasteiger charge is -2.16. The summed E-state index contributed by atoms with van der Waals surface area (Å²) < 4.78 is 0. The fourth-order valence-electron chi connectivity index (χ4n) is 1.73. The molecule has 1 aromatic rings. The van der Waals surface area contributed by atoms with Gasteiger partial charge in [0.2, 0.25) is 0 Å². The second kappa shape index (κ2) is 7.06. The van der Waals surface area contributed by atoms with Gasteiger partial charge in [0.1, 0.15) is 0 Å². The van der Waals surface area contributed by atoms with E-state index in [4.69, 9.17) is 16.7 Å². The monoisotopic (exact) mass is 286 g/mol. The van der Waals surface area contributed by atoms with Crippen LogP contribution in [0.3, 0.4) is 0 Å². The van der Waals surface area contributed by atoms with E-state index in [0.717, 1.165) is 0 Å². The molecule has 0 fully saturated rings. The number of halogens is 1. The molecule has 0 spiro atoms. The van der Waals surface area contributed by atoms with Crippen molar-refractivity contribution in [3.63, 3.8) is 0 Å². The van der Waals surface area contributed by atoms with E-state index in [9.17, 15) is 14.9 Å². The molecule has 0 saturated heterocycles. The number of hydrogen-bond donors (Lipinski definition) is 1. The summed E-state index contributed by atoms with van der Waals surface area (Å²) in [6, 6.07) is 4.42. The van der Waals surface area contributed by atoms with E-state index in [-0.39, 0.29) is 12.1 Å². The minimum absolute atomic E-state index is 0.0227. The van der Waals surface area contributed by atoms with Crippen LogP contribution >= 0.6 is 11.6 Å². The molecule has 0 amide bonds. The number of carboxylic acid groups (broad SMARTS) is 1. The zero-order chi connectivity index (χ0) is 14.4. The molecule has 19 heavy (non-hydrogen) atoms. The van der Waals surface area contributed by atoms with E-state index in [0.29, 0.717) is 30.1 Å². The van der Waals surface area contributed by atoms with Crippen molar-refractivity contribution in [1.82, 2.24) is 4.90 Å². The summed E-state index contributed by atoms with van der Waals surface area (Å²) in [5.41, 5.74) is 0.546. The minimum atomic E-state index is -0.845. The van der Waals surface area contributed by atoms with Crippen LogP contribution in [0.5, 0.6) is 0 Å². The van der Waals surface area contributed by atoms with Crippen LogP contribution in [-0.2, 0) is 11.3 Å². The van der Waals surface area contributed by atoms with Crippen LogP contribution in [0.2, 0.25) is 5.02 Å². The van der Waals surface area contributed by atoms with Crippen molar-refractivity contribution < 1.29 is 14.8 Å². The molecule has 0 unspecified atom stereocenters. The molecular formula is C12H15ClN2O4. The topological polar surface area (TPSA) is 83.7 Å². The lowest BCUT2D eigenvalue weighted by atomic mass is 10.1. The maximum absolute atomic E-state index is 10.9. The Balaban J connectivity index is 2.67. The zero-order valence-corrected chi connectivity index (χ0v) is 11.3. The van der Waals surface area contributed by atoms with Gasteiger partial charge in [-0.3, -0.25) is 14.9 Å². The number of hydrogen-bond acceptors (Lipinski definition) is 4. The van der Waals surface area contributed by atoms with Gasteiger partial charge in [-0.25, -0.2) is 0 Å². The average molecular weight is 287 g/mol. The Labute approximate surface area is 115 Å². The molecule has 0 saturated carbocycles. The van der Waals surface area contributed by atoms with E-state index in [1.54, 1.807) is 13.1 Å². The number of aliphatic carboxylic acids is 1. The summed E-state index contributed by atoms with van der Waals surface area (Å²) in [6.45, 7) is 0.909. The maximum Gasteiger partial charge on any atom is 0.303 e. The molecule has 0 aromatic heterocycles. The van der Waals surface area contributed by atoms with Crippen molar-refractivity contribution in [3.05, 3.63) is 38.9 Å². The van der Waals surface area contributed by atoms with Crippen molar-refractivity contribution in [1.29, 1.82) is 0 Å². The molecule has 0 aliphatic heterocycles. The SMILES string of the molecule is CN(CCCC(=O)O)Cc1cc(Cl)ccc1[N+](=O)[O-]. The Morgan fingerprint density at radius 2 is 2.21 bits per heavy atom. The van der Waals surface area contributed by atoms with E-state index < -0.39 is 10.9 Å². The summed E-state index contributed by atoms with van der Waals surface area (Å²) >= 11 is 5.83. The average Bonchev–Trinajstić information content (AvgIpc) is 2.27. The number of nitro groups is 1. The second-order valence-corrected chi connectivity index (χ2v) is 4.70. The minimum Gasteiger partial charge on any atom is -0.481 e. The molecule has 0 aliphatic rings. The van der Waals surface area contributed by atoms with Crippen molar-refractivity contribution >= 4 is 23.3 Å². The van der Waals surface area contributed by atoms with Crippen LogP contribution < -0.4 is 0 Å². The summed E-state index contributed by atoms with van der Waals surface area (Å²) in [5.74, 6) is -0.845. The number of carbonyl (C=O) groups is 1. The van der Waals surface area contributed by atoms with Gasteiger partial charge in [0, 0.05) is 29.6 Å². The van der Waals surface area contributed by atoms with Gasteiger partial charge < -0.3 is 10.0 Å². The van der Waals surface area contributed by atoms with Gasteiger partial charge >= 0.3 is 5.97 Å². The highest BCUT2D eigenvalue weighted by atomic mass is 35.5. The summed E-state index contributed by atoms with van der Waals surface area (Å²) in [6.07, 6.45) is 0.585.